The van der Waals surface area contributed by atoms with E-state index in [4.69, 9.17) is 4.74 Å². The summed E-state index contributed by atoms with van der Waals surface area (Å²) < 4.78 is 5.19. The number of methoxy groups -OCH3 is 1. The van der Waals surface area contributed by atoms with E-state index in [0.29, 0.717) is 12.6 Å². The van der Waals surface area contributed by atoms with Gasteiger partial charge in [-0.05, 0) is 61.0 Å². The van der Waals surface area contributed by atoms with Crippen LogP contribution in [0.4, 0.5) is 0 Å². The largest absolute Gasteiger partial charge is 0.497 e. The van der Waals surface area contributed by atoms with E-state index < -0.39 is 0 Å². The number of benzene rings is 1. The average Bonchev–Trinajstić information content (AvgIpc) is 3.09. The summed E-state index contributed by atoms with van der Waals surface area (Å²) in [6.07, 6.45) is 1.85. The Morgan fingerprint density at radius 3 is 2.83 bits per heavy atom. The highest BCUT2D eigenvalue weighted by molar-refractivity contribution is 7.10. The second-order valence-electron chi connectivity index (χ2n) is 6.32. The van der Waals surface area contributed by atoms with Crippen molar-refractivity contribution < 1.29 is 9.53 Å². The van der Waals surface area contributed by atoms with Gasteiger partial charge in [0.25, 0.3) is 0 Å². The summed E-state index contributed by atoms with van der Waals surface area (Å²) in [5.74, 6) is 1.18. The van der Waals surface area contributed by atoms with Gasteiger partial charge >= 0.3 is 0 Å². The van der Waals surface area contributed by atoms with E-state index in [1.165, 1.54) is 10.4 Å². The van der Waals surface area contributed by atoms with Crippen LogP contribution in [0.15, 0.2) is 35.7 Å². The van der Waals surface area contributed by atoms with Crippen LogP contribution < -0.4 is 15.4 Å². The van der Waals surface area contributed by atoms with E-state index >= 15 is 0 Å². The maximum Gasteiger partial charge on any atom is 0.223 e. The van der Waals surface area contributed by atoms with Gasteiger partial charge in [0.1, 0.15) is 5.75 Å². The number of hydrogen-bond donors (Lipinski definition) is 2. The van der Waals surface area contributed by atoms with Gasteiger partial charge in [0.15, 0.2) is 0 Å². The Morgan fingerprint density at radius 1 is 1.33 bits per heavy atom. The summed E-state index contributed by atoms with van der Waals surface area (Å²) in [7, 11) is 1.67. The third-order valence-electron chi connectivity index (χ3n) is 4.51. The molecule has 5 heteroatoms. The van der Waals surface area contributed by atoms with Gasteiger partial charge < -0.3 is 15.4 Å². The minimum Gasteiger partial charge on any atom is -0.497 e. The van der Waals surface area contributed by atoms with E-state index in [1.54, 1.807) is 18.4 Å². The number of ether oxygens (including phenoxy) is 1. The summed E-state index contributed by atoms with van der Waals surface area (Å²) in [5.41, 5.74) is 2.35. The van der Waals surface area contributed by atoms with Gasteiger partial charge in [0.05, 0.1) is 13.7 Å². The summed E-state index contributed by atoms with van der Waals surface area (Å²) >= 11 is 1.69. The molecule has 24 heavy (non-hydrogen) atoms. The first-order chi connectivity index (χ1) is 11.7. The zero-order valence-electron chi connectivity index (χ0n) is 14.2. The summed E-state index contributed by atoms with van der Waals surface area (Å²) in [6, 6.07) is 10.6. The van der Waals surface area contributed by atoms with E-state index in [0.717, 1.165) is 30.7 Å². The van der Waals surface area contributed by atoms with Gasteiger partial charge in [-0.2, -0.15) is 0 Å². The summed E-state index contributed by atoms with van der Waals surface area (Å²) in [6.45, 7) is 3.68. The molecule has 1 aliphatic heterocycles. The summed E-state index contributed by atoms with van der Waals surface area (Å²) in [4.78, 5) is 13.5. The van der Waals surface area contributed by atoms with Crippen molar-refractivity contribution in [3.63, 3.8) is 0 Å². The Morgan fingerprint density at radius 2 is 2.12 bits per heavy atom. The lowest BCUT2D eigenvalue weighted by molar-refractivity contribution is -0.126. The molecular weight excluding hydrogens is 320 g/mol. The minimum atomic E-state index is 0.141. The Kier molecular flexibility index (Phi) is 5.53. The Labute approximate surface area is 147 Å². The zero-order chi connectivity index (χ0) is 16.9. The predicted molar refractivity (Wildman–Crippen MR) is 98.3 cm³/mol. The Hall–Kier alpha value is -1.85. The number of hydrogen-bond acceptors (Lipinski definition) is 4. The second kappa shape index (κ2) is 7.81. The Bertz CT molecular complexity index is 681. The Balaban J connectivity index is 1.56. The maximum absolute atomic E-state index is 12.3. The highest BCUT2D eigenvalue weighted by Crippen LogP contribution is 2.27. The van der Waals surface area contributed by atoms with Crippen molar-refractivity contribution in [3.8, 4) is 16.9 Å². The monoisotopic (exact) mass is 344 g/mol. The molecule has 2 N–H and O–H groups in total. The van der Waals surface area contributed by atoms with Crippen LogP contribution in [0.1, 0.15) is 24.6 Å². The molecule has 0 bridgehead atoms. The fraction of sp³-hybridized carbons (Fsp3) is 0.421. The molecule has 2 heterocycles. The third-order valence-corrected chi connectivity index (χ3v) is 5.45. The number of carbonyl (C=O) groups excluding carboxylic acids is 1. The molecule has 0 unspecified atom stereocenters. The van der Waals surface area contributed by atoms with Crippen molar-refractivity contribution in [2.45, 2.75) is 32.4 Å². The van der Waals surface area contributed by atoms with E-state index in [-0.39, 0.29) is 11.8 Å². The lowest BCUT2D eigenvalue weighted by atomic mass is 9.92. The van der Waals surface area contributed by atoms with Crippen molar-refractivity contribution in [1.29, 1.82) is 0 Å². The van der Waals surface area contributed by atoms with Crippen LogP contribution in [0.25, 0.3) is 11.1 Å². The molecule has 0 aliphatic carbocycles. The number of nitrogens with one attached hydrogen (secondary N) is 2. The van der Waals surface area contributed by atoms with Crippen LogP contribution in [0, 0.1) is 5.92 Å². The highest BCUT2D eigenvalue weighted by Gasteiger charge is 2.24. The van der Waals surface area contributed by atoms with Crippen molar-refractivity contribution in [2.75, 3.05) is 13.7 Å². The van der Waals surface area contributed by atoms with Gasteiger partial charge in [-0.1, -0.05) is 12.1 Å². The molecular formula is C19H24N2O2S. The smallest absolute Gasteiger partial charge is 0.223 e. The number of amides is 1. The minimum absolute atomic E-state index is 0.141. The molecule has 1 saturated heterocycles. The first-order valence-corrected chi connectivity index (χ1v) is 9.26. The van der Waals surface area contributed by atoms with Crippen LogP contribution >= 0.6 is 11.3 Å². The first-order valence-electron chi connectivity index (χ1n) is 8.38. The van der Waals surface area contributed by atoms with Gasteiger partial charge in [-0.15, -0.1) is 11.3 Å². The molecule has 0 radical (unpaired) electrons. The number of carbonyl (C=O) groups is 1. The van der Waals surface area contributed by atoms with Crippen molar-refractivity contribution in [2.24, 2.45) is 5.92 Å². The fourth-order valence-corrected chi connectivity index (χ4v) is 3.93. The number of thiophene rings is 1. The zero-order valence-corrected chi connectivity index (χ0v) is 15.0. The lowest BCUT2D eigenvalue weighted by Gasteiger charge is -2.27. The van der Waals surface area contributed by atoms with Crippen molar-refractivity contribution in [3.05, 3.63) is 40.6 Å². The van der Waals surface area contributed by atoms with Gasteiger partial charge in [-0.3, -0.25) is 4.79 Å². The highest BCUT2D eigenvalue weighted by atomic mass is 32.1. The van der Waals surface area contributed by atoms with Crippen molar-refractivity contribution in [1.82, 2.24) is 10.6 Å². The molecule has 1 aromatic carbocycles. The lowest BCUT2D eigenvalue weighted by Crippen LogP contribution is -2.42. The van der Waals surface area contributed by atoms with Crippen LogP contribution in [0.2, 0.25) is 0 Å². The maximum atomic E-state index is 12.3. The molecule has 4 nitrogen and oxygen atoms in total. The van der Waals surface area contributed by atoms with Crippen LogP contribution in [0.5, 0.6) is 5.75 Å². The second-order valence-corrected chi connectivity index (χ2v) is 7.32. The molecule has 3 rings (SSSR count). The third kappa shape index (κ3) is 4.16. The molecule has 1 aliphatic rings. The molecule has 2 aromatic rings. The standard InChI is InChI=1S/C19H24N2O2S/c1-13-9-15(7-8-20-13)19(22)21-11-18-10-16(12-24-18)14-3-5-17(23-2)6-4-14/h3-6,10,12-13,15,20H,7-9,11H2,1-2H3,(H,21,22)/t13-,15-/m0/s1. The van der Waals surface area contributed by atoms with Gasteiger partial charge in [-0.25, -0.2) is 0 Å². The van der Waals surface area contributed by atoms with Crippen LogP contribution in [0.3, 0.4) is 0 Å². The molecule has 0 saturated carbocycles. The quantitative estimate of drug-likeness (QED) is 0.874. The van der Waals surface area contributed by atoms with E-state index in [9.17, 15) is 4.79 Å². The molecule has 1 fully saturated rings. The molecule has 1 amide bonds. The fourth-order valence-electron chi connectivity index (χ4n) is 3.10. The predicted octanol–water partition coefficient (Wildman–Crippen LogP) is 3.43. The number of rotatable bonds is 5. The first kappa shape index (κ1) is 17.0. The molecule has 2 atom stereocenters. The normalized spacial score (nSPS) is 20.6. The molecule has 1 aromatic heterocycles. The molecule has 128 valence electrons. The van der Waals surface area contributed by atoms with E-state index in [1.807, 2.05) is 12.1 Å². The van der Waals surface area contributed by atoms with Crippen molar-refractivity contribution >= 4 is 17.2 Å². The van der Waals surface area contributed by atoms with Crippen LogP contribution in [-0.4, -0.2) is 25.6 Å². The summed E-state index contributed by atoms with van der Waals surface area (Å²) in [5, 5.41) is 8.61. The van der Waals surface area contributed by atoms with Gasteiger partial charge in [0, 0.05) is 16.8 Å². The SMILES string of the molecule is COc1ccc(-c2csc(CNC(=O)[C@H]3CCN[C@@H](C)C3)c2)cc1. The number of piperidine rings is 1. The molecule has 0 spiro atoms. The van der Waals surface area contributed by atoms with E-state index in [2.05, 4.69) is 41.1 Å². The average molecular weight is 344 g/mol. The topological polar surface area (TPSA) is 50.4 Å². The van der Waals surface area contributed by atoms with Gasteiger partial charge in [0.2, 0.25) is 5.91 Å². The van der Waals surface area contributed by atoms with Crippen LogP contribution in [-0.2, 0) is 11.3 Å².